The maximum Gasteiger partial charge on any atom is 0.335 e. The second kappa shape index (κ2) is 4.46. The number of aromatic carboxylic acids is 1. The number of carboxylic acids is 1. The number of nitrogens with two attached hydrogens (primary N) is 1. The highest BCUT2D eigenvalue weighted by molar-refractivity contribution is 5.91. The summed E-state index contributed by atoms with van der Waals surface area (Å²) in [5.41, 5.74) is 13.4. The summed E-state index contributed by atoms with van der Waals surface area (Å²) >= 11 is 0. The van der Waals surface area contributed by atoms with Crippen molar-refractivity contribution in [1.82, 2.24) is 0 Å². The van der Waals surface area contributed by atoms with Gasteiger partial charge >= 0.3 is 5.97 Å². The van der Waals surface area contributed by atoms with Gasteiger partial charge < -0.3 is 10.8 Å². The van der Waals surface area contributed by atoms with E-state index in [2.05, 4.69) is 26.0 Å². The van der Waals surface area contributed by atoms with E-state index >= 15 is 0 Å². The fourth-order valence-corrected chi connectivity index (χ4v) is 3.12. The Morgan fingerprint density at radius 1 is 1.20 bits per heavy atom. The van der Waals surface area contributed by atoms with Crippen LogP contribution in [0.3, 0.4) is 0 Å². The van der Waals surface area contributed by atoms with Crippen molar-refractivity contribution in [3.63, 3.8) is 0 Å². The summed E-state index contributed by atoms with van der Waals surface area (Å²) < 4.78 is 0. The fourth-order valence-electron chi connectivity index (χ4n) is 3.12. The Bertz CT molecular complexity index is 719. The topological polar surface area (TPSA) is 63.3 Å². The molecule has 1 unspecified atom stereocenters. The third-order valence-corrected chi connectivity index (χ3v) is 4.32. The number of benzene rings is 2. The first-order valence-electron chi connectivity index (χ1n) is 6.72. The van der Waals surface area contributed by atoms with Crippen molar-refractivity contribution in [3.8, 4) is 11.1 Å². The van der Waals surface area contributed by atoms with Crippen LogP contribution in [0.5, 0.6) is 0 Å². The maximum atomic E-state index is 11.2. The van der Waals surface area contributed by atoms with Crippen molar-refractivity contribution in [1.29, 1.82) is 0 Å². The lowest BCUT2D eigenvalue weighted by Crippen LogP contribution is -2.12. The highest BCUT2D eigenvalue weighted by Gasteiger charge is 2.29. The summed E-state index contributed by atoms with van der Waals surface area (Å²) in [5.74, 6) is -0.800. The highest BCUT2D eigenvalue weighted by atomic mass is 16.4. The van der Waals surface area contributed by atoms with E-state index in [1.54, 1.807) is 12.1 Å². The zero-order valence-electron chi connectivity index (χ0n) is 11.6. The van der Waals surface area contributed by atoms with Gasteiger partial charge in [-0.2, -0.15) is 0 Å². The molecular formula is C17H17NO2. The van der Waals surface area contributed by atoms with E-state index < -0.39 is 5.97 Å². The Balaban J connectivity index is 2.30. The molecule has 20 heavy (non-hydrogen) atoms. The molecule has 3 nitrogen and oxygen atoms in total. The molecule has 1 aliphatic carbocycles. The average Bonchev–Trinajstić information content (AvgIpc) is 2.75. The van der Waals surface area contributed by atoms with Gasteiger partial charge in [0.25, 0.3) is 0 Å². The first kappa shape index (κ1) is 12.9. The van der Waals surface area contributed by atoms with Crippen LogP contribution in [0.4, 0.5) is 0 Å². The van der Waals surface area contributed by atoms with Gasteiger partial charge in [0.1, 0.15) is 0 Å². The molecule has 0 aliphatic heterocycles. The molecule has 0 bridgehead atoms. The molecule has 0 saturated heterocycles. The zero-order chi connectivity index (χ0) is 14.4. The molecular weight excluding hydrogens is 250 g/mol. The number of hydrogen-bond donors (Lipinski definition) is 2. The van der Waals surface area contributed by atoms with Crippen molar-refractivity contribution >= 4 is 5.97 Å². The van der Waals surface area contributed by atoms with Gasteiger partial charge in [-0.25, -0.2) is 4.79 Å². The molecule has 2 aromatic carbocycles. The number of fused-ring (bicyclic) bond motifs is 3. The lowest BCUT2D eigenvalue weighted by Gasteiger charge is -2.12. The minimum atomic E-state index is -0.896. The van der Waals surface area contributed by atoms with E-state index in [0.29, 0.717) is 12.1 Å². The molecule has 2 aromatic rings. The Labute approximate surface area is 118 Å². The van der Waals surface area contributed by atoms with Crippen molar-refractivity contribution in [2.75, 3.05) is 6.54 Å². The second-order valence-corrected chi connectivity index (χ2v) is 5.37. The lowest BCUT2D eigenvalue weighted by atomic mass is 9.94. The molecule has 0 radical (unpaired) electrons. The largest absolute Gasteiger partial charge is 0.478 e. The Hall–Kier alpha value is -2.13. The van der Waals surface area contributed by atoms with Gasteiger partial charge in [0.15, 0.2) is 0 Å². The smallest absolute Gasteiger partial charge is 0.335 e. The van der Waals surface area contributed by atoms with Crippen molar-refractivity contribution in [3.05, 3.63) is 58.1 Å². The summed E-state index contributed by atoms with van der Waals surface area (Å²) in [6.07, 6.45) is 0. The van der Waals surface area contributed by atoms with Gasteiger partial charge in [-0.1, -0.05) is 18.2 Å². The molecule has 0 saturated carbocycles. The van der Waals surface area contributed by atoms with Crippen LogP contribution in [0.15, 0.2) is 30.3 Å². The van der Waals surface area contributed by atoms with Crippen molar-refractivity contribution < 1.29 is 9.90 Å². The summed E-state index contributed by atoms with van der Waals surface area (Å²) in [6, 6.07) is 9.59. The van der Waals surface area contributed by atoms with E-state index in [-0.39, 0.29) is 5.92 Å². The molecule has 102 valence electrons. The van der Waals surface area contributed by atoms with Crippen LogP contribution in [-0.4, -0.2) is 17.6 Å². The van der Waals surface area contributed by atoms with Crippen LogP contribution in [0.1, 0.15) is 38.5 Å². The molecule has 3 N–H and O–H groups in total. The monoisotopic (exact) mass is 267 g/mol. The third-order valence-electron chi connectivity index (χ3n) is 4.32. The van der Waals surface area contributed by atoms with Crippen LogP contribution >= 0.6 is 0 Å². The third kappa shape index (κ3) is 1.67. The second-order valence-electron chi connectivity index (χ2n) is 5.37. The van der Waals surface area contributed by atoms with Gasteiger partial charge in [-0.3, -0.25) is 0 Å². The van der Waals surface area contributed by atoms with Gasteiger partial charge in [-0.05, 0) is 59.4 Å². The quantitative estimate of drug-likeness (QED) is 0.879. The number of carbonyl (C=O) groups is 1. The Morgan fingerprint density at radius 2 is 1.95 bits per heavy atom. The van der Waals surface area contributed by atoms with Gasteiger partial charge in [0.2, 0.25) is 0 Å². The van der Waals surface area contributed by atoms with Crippen LogP contribution in [0.2, 0.25) is 0 Å². The number of aryl methyl sites for hydroxylation is 1. The average molecular weight is 267 g/mol. The normalized spacial score (nSPS) is 15.8. The van der Waals surface area contributed by atoms with E-state index in [1.165, 1.54) is 22.3 Å². The van der Waals surface area contributed by atoms with Crippen LogP contribution in [0.25, 0.3) is 11.1 Å². The molecule has 0 fully saturated rings. The maximum absolute atomic E-state index is 11.2. The van der Waals surface area contributed by atoms with Crippen molar-refractivity contribution in [2.24, 2.45) is 5.73 Å². The van der Waals surface area contributed by atoms with E-state index in [4.69, 9.17) is 10.8 Å². The highest BCUT2D eigenvalue weighted by Crippen LogP contribution is 2.46. The summed E-state index contributed by atoms with van der Waals surface area (Å²) in [7, 11) is 0. The summed E-state index contributed by atoms with van der Waals surface area (Å²) in [4.78, 5) is 11.2. The number of carboxylic acid groups (broad SMARTS) is 1. The molecule has 0 heterocycles. The van der Waals surface area contributed by atoms with Crippen molar-refractivity contribution in [2.45, 2.75) is 19.8 Å². The summed E-state index contributed by atoms with van der Waals surface area (Å²) in [6.45, 7) is 4.70. The van der Waals surface area contributed by atoms with Gasteiger partial charge in [-0.15, -0.1) is 0 Å². The Kier molecular flexibility index (Phi) is 2.87. The van der Waals surface area contributed by atoms with Gasteiger partial charge in [0.05, 0.1) is 5.56 Å². The fraction of sp³-hybridized carbons (Fsp3) is 0.235. The van der Waals surface area contributed by atoms with Gasteiger partial charge in [0, 0.05) is 12.5 Å². The molecule has 3 rings (SSSR count). The van der Waals surface area contributed by atoms with Crippen LogP contribution in [0, 0.1) is 13.8 Å². The number of rotatable bonds is 2. The molecule has 0 amide bonds. The summed E-state index contributed by atoms with van der Waals surface area (Å²) in [5, 5.41) is 9.16. The minimum Gasteiger partial charge on any atom is -0.478 e. The molecule has 1 atom stereocenters. The standard InChI is InChI=1S/C17H17NO2/c1-9-3-5-13-15(8-18)14-7-11(17(19)20)4-6-12(14)16(13)10(9)2/h3-7,15H,8,18H2,1-2H3,(H,19,20). The zero-order valence-corrected chi connectivity index (χ0v) is 11.6. The van der Waals surface area contributed by atoms with Crippen LogP contribution < -0.4 is 5.73 Å². The van der Waals surface area contributed by atoms with E-state index in [0.717, 1.165) is 11.1 Å². The first-order chi connectivity index (χ1) is 9.54. The Morgan fingerprint density at radius 3 is 2.60 bits per heavy atom. The molecule has 3 heteroatoms. The molecule has 0 aromatic heterocycles. The molecule has 0 spiro atoms. The predicted octanol–water partition coefficient (Wildman–Crippen LogP) is 3.07. The lowest BCUT2D eigenvalue weighted by molar-refractivity contribution is 0.0697. The molecule has 1 aliphatic rings. The van der Waals surface area contributed by atoms with E-state index in [1.807, 2.05) is 6.07 Å². The minimum absolute atomic E-state index is 0.0959. The SMILES string of the molecule is Cc1ccc2c(c1C)-c1ccc(C(=O)O)cc1C2CN. The predicted molar refractivity (Wildman–Crippen MR) is 79.2 cm³/mol. The number of hydrogen-bond acceptors (Lipinski definition) is 2. The first-order valence-corrected chi connectivity index (χ1v) is 6.72. The van der Waals surface area contributed by atoms with E-state index in [9.17, 15) is 4.79 Å². The van der Waals surface area contributed by atoms with Crippen LogP contribution in [-0.2, 0) is 0 Å².